The monoisotopic (exact) mass is 312 g/mol. The summed E-state index contributed by atoms with van der Waals surface area (Å²) in [6.07, 6.45) is 10.2. The lowest BCUT2D eigenvalue weighted by molar-refractivity contribution is 0.430. The molecule has 2 aromatic rings. The highest BCUT2D eigenvalue weighted by Gasteiger charge is 2.18. The zero-order valence-corrected chi connectivity index (χ0v) is 13.5. The van der Waals surface area contributed by atoms with Gasteiger partial charge in [-0.3, -0.25) is 0 Å². The lowest BCUT2D eigenvalue weighted by Crippen LogP contribution is -2.14. The standard InChI is InChI=1S/C21H22F2/c1-2-3-4-5-15-6-7-17-13-18(9-8-16(17)12-15)19-10-11-20(22)21(23)14-19/h2-3,8-11,13-15H,4-7,12H2,1H3/b3-2+. The fourth-order valence-corrected chi connectivity index (χ4v) is 3.43. The molecule has 0 fully saturated rings. The molecule has 0 aromatic heterocycles. The van der Waals surface area contributed by atoms with Gasteiger partial charge in [0.25, 0.3) is 0 Å². The van der Waals surface area contributed by atoms with E-state index in [9.17, 15) is 8.78 Å². The van der Waals surface area contributed by atoms with Crippen molar-refractivity contribution in [2.75, 3.05) is 0 Å². The number of benzene rings is 2. The van der Waals surface area contributed by atoms with Gasteiger partial charge in [-0.05, 0) is 79.3 Å². The van der Waals surface area contributed by atoms with Gasteiger partial charge in [0.05, 0.1) is 0 Å². The molecule has 1 unspecified atom stereocenters. The third kappa shape index (κ3) is 3.69. The van der Waals surface area contributed by atoms with Crippen LogP contribution in [0.25, 0.3) is 11.1 Å². The lowest BCUT2D eigenvalue weighted by Gasteiger charge is -2.25. The van der Waals surface area contributed by atoms with Crippen molar-refractivity contribution < 1.29 is 8.78 Å². The molecule has 0 spiro atoms. The second-order valence-electron chi connectivity index (χ2n) is 6.37. The van der Waals surface area contributed by atoms with E-state index in [1.165, 1.54) is 36.1 Å². The van der Waals surface area contributed by atoms with Gasteiger partial charge in [-0.25, -0.2) is 8.78 Å². The van der Waals surface area contributed by atoms with Crippen LogP contribution in [0.1, 0.15) is 37.3 Å². The summed E-state index contributed by atoms with van der Waals surface area (Å²) >= 11 is 0. The summed E-state index contributed by atoms with van der Waals surface area (Å²) in [5, 5.41) is 0. The number of hydrogen-bond acceptors (Lipinski definition) is 0. The highest BCUT2D eigenvalue weighted by Crippen LogP contribution is 2.32. The van der Waals surface area contributed by atoms with E-state index < -0.39 is 11.6 Å². The maximum absolute atomic E-state index is 13.4. The topological polar surface area (TPSA) is 0 Å². The third-order valence-electron chi connectivity index (χ3n) is 4.77. The largest absolute Gasteiger partial charge is 0.204 e. The Bertz CT molecular complexity index is 716. The number of halogens is 2. The van der Waals surface area contributed by atoms with Crippen molar-refractivity contribution in [2.45, 2.75) is 39.0 Å². The van der Waals surface area contributed by atoms with E-state index in [-0.39, 0.29) is 0 Å². The van der Waals surface area contributed by atoms with Gasteiger partial charge in [0, 0.05) is 0 Å². The Morgan fingerprint density at radius 1 is 1.00 bits per heavy atom. The van der Waals surface area contributed by atoms with Crippen LogP contribution in [0.15, 0.2) is 48.6 Å². The molecule has 120 valence electrons. The van der Waals surface area contributed by atoms with Gasteiger partial charge in [0.2, 0.25) is 0 Å². The Balaban J connectivity index is 1.77. The average molecular weight is 312 g/mol. The van der Waals surface area contributed by atoms with Gasteiger partial charge in [-0.2, -0.15) is 0 Å². The van der Waals surface area contributed by atoms with Gasteiger partial charge in [-0.15, -0.1) is 0 Å². The molecule has 0 bridgehead atoms. The van der Waals surface area contributed by atoms with E-state index in [1.54, 1.807) is 6.07 Å². The van der Waals surface area contributed by atoms with E-state index in [4.69, 9.17) is 0 Å². The van der Waals surface area contributed by atoms with Crippen molar-refractivity contribution in [1.82, 2.24) is 0 Å². The first-order chi connectivity index (χ1) is 11.2. The van der Waals surface area contributed by atoms with Crippen molar-refractivity contribution in [3.63, 3.8) is 0 Å². The molecule has 0 N–H and O–H groups in total. The van der Waals surface area contributed by atoms with E-state index >= 15 is 0 Å². The molecule has 3 rings (SSSR count). The molecule has 1 atom stereocenters. The summed E-state index contributed by atoms with van der Waals surface area (Å²) in [7, 11) is 0. The summed E-state index contributed by atoms with van der Waals surface area (Å²) in [4.78, 5) is 0. The first-order valence-corrected chi connectivity index (χ1v) is 8.35. The molecule has 0 amide bonds. The van der Waals surface area contributed by atoms with Crippen LogP contribution in [0.4, 0.5) is 8.78 Å². The van der Waals surface area contributed by atoms with Crippen LogP contribution >= 0.6 is 0 Å². The molecule has 0 radical (unpaired) electrons. The first kappa shape index (κ1) is 15.9. The van der Waals surface area contributed by atoms with Gasteiger partial charge < -0.3 is 0 Å². The maximum atomic E-state index is 13.4. The zero-order valence-electron chi connectivity index (χ0n) is 13.5. The van der Waals surface area contributed by atoms with Crippen LogP contribution in [-0.2, 0) is 12.8 Å². The van der Waals surface area contributed by atoms with Crippen molar-refractivity contribution in [3.05, 3.63) is 71.3 Å². The van der Waals surface area contributed by atoms with Gasteiger partial charge in [0.1, 0.15) is 0 Å². The maximum Gasteiger partial charge on any atom is 0.159 e. The summed E-state index contributed by atoms with van der Waals surface area (Å²) < 4.78 is 26.5. The van der Waals surface area contributed by atoms with Gasteiger partial charge in [0.15, 0.2) is 11.6 Å². The predicted octanol–water partition coefficient (Wildman–Crippen LogP) is 6.09. The molecule has 0 aliphatic heterocycles. The smallest absolute Gasteiger partial charge is 0.159 e. The van der Waals surface area contributed by atoms with Crippen LogP contribution in [0, 0.1) is 17.6 Å². The molecule has 0 saturated carbocycles. The summed E-state index contributed by atoms with van der Waals surface area (Å²) in [5.41, 5.74) is 4.47. The molecule has 0 heterocycles. The second kappa shape index (κ2) is 7.08. The molecule has 1 aliphatic carbocycles. The highest BCUT2D eigenvalue weighted by atomic mass is 19.2. The Labute approximate surface area is 136 Å². The van der Waals surface area contributed by atoms with Crippen molar-refractivity contribution >= 4 is 0 Å². The molecule has 23 heavy (non-hydrogen) atoms. The van der Waals surface area contributed by atoms with Gasteiger partial charge >= 0.3 is 0 Å². The SMILES string of the molecule is C/C=C/CCC1CCc2cc(-c3ccc(F)c(F)c3)ccc2C1. The van der Waals surface area contributed by atoms with Gasteiger partial charge in [-0.1, -0.05) is 36.4 Å². The van der Waals surface area contributed by atoms with Crippen LogP contribution in [0.3, 0.4) is 0 Å². The minimum atomic E-state index is -0.796. The molecular formula is C21H22F2. The lowest BCUT2D eigenvalue weighted by atomic mass is 9.80. The Morgan fingerprint density at radius 3 is 2.57 bits per heavy atom. The fraction of sp³-hybridized carbons (Fsp3) is 0.333. The molecular weight excluding hydrogens is 290 g/mol. The normalized spacial score (nSPS) is 17.4. The van der Waals surface area contributed by atoms with Crippen molar-refractivity contribution in [3.8, 4) is 11.1 Å². The van der Waals surface area contributed by atoms with Crippen LogP contribution in [0.5, 0.6) is 0 Å². The fourth-order valence-electron chi connectivity index (χ4n) is 3.43. The second-order valence-corrected chi connectivity index (χ2v) is 6.37. The molecule has 2 aromatic carbocycles. The Kier molecular flexibility index (Phi) is 4.90. The minimum Gasteiger partial charge on any atom is -0.204 e. The van der Waals surface area contributed by atoms with Crippen molar-refractivity contribution in [2.24, 2.45) is 5.92 Å². The molecule has 2 heteroatoms. The average Bonchev–Trinajstić information content (AvgIpc) is 2.57. The highest BCUT2D eigenvalue weighted by molar-refractivity contribution is 5.65. The summed E-state index contributed by atoms with van der Waals surface area (Å²) in [5.74, 6) is -0.826. The first-order valence-electron chi connectivity index (χ1n) is 8.35. The quantitative estimate of drug-likeness (QED) is 0.599. The number of fused-ring (bicyclic) bond motifs is 1. The number of rotatable bonds is 4. The van der Waals surface area contributed by atoms with E-state index in [0.717, 1.165) is 36.3 Å². The van der Waals surface area contributed by atoms with Crippen LogP contribution in [0.2, 0.25) is 0 Å². The minimum absolute atomic E-state index is 0.738. The van der Waals surface area contributed by atoms with Crippen molar-refractivity contribution in [1.29, 1.82) is 0 Å². The summed E-state index contributed by atoms with van der Waals surface area (Å²) in [6.45, 7) is 2.07. The van der Waals surface area contributed by atoms with E-state index in [1.807, 2.05) is 6.07 Å². The summed E-state index contributed by atoms with van der Waals surface area (Å²) in [6, 6.07) is 10.4. The Hall–Kier alpha value is -1.96. The Morgan fingerprint density at radius 2 is 1.78 bits per heavy atom. The zero-order chi connectivity index (χ0) is 16.2. The van der Waals surface area contributed by atoms with Crippen LogP contribution < -0.4 is 0 Å². The number of aryl methyl sites for hydroxylation is 1. The molecule has 1 aliphatic rings. The van der Waals surface area contributed by atoms with Crippen LogP contribution in [-0.4, -0.2) is 0 Å². The molecule has 0 saturated heterocycles. The number of hydrogen-bond donors (Lipinski definition) is 0. The molecule has 0 nitrogen and oxygen atoms in total. The number of allylic oxidation sites excluding steroid dienone is 2. The third-order valence-corrected chi connectivity index (χ3v) is 4.77. The van der Waals surface area contributed by atoms with E-state index in [0.29, 0.717) is 0 Å². The predicted molar refractivity (Wildman–Crippen MR) is 91.4 cm³/mol. The van der Waals surface area contributed by atoms with E-state index in [2.05, 4.69) is 31.2 Å².